The van der Waals surface area contributed by atoms with Crippen LogP contribution in [0.25, 0.3) is 0 Å². The number of quaternary nitrogens is 1. The quantitative estimate of drug-likeness (QED) is 0.0195. The van der Waals surface area contributed by atoms with Gasteiger partial charge in [-0.15, -0.1) is 0 Å². The Hall–Kier alpha value is -2.23. The van der Waals surface area contributed by atoms with E-state index in [0.29, 0.717) is 17.4 Å². The normalized spacial score (nSPS) is 12.9. The van der Waals surface area contributed by atoms with Crippen LogP contribution in [0.3, 0.4) is 0 Å². The molecule has 0 bridgehead atoms. The SMILES string of the molecule is CCCCCCC/C=C\C/C=C\CCCCCCCCCCCCCCCCCCCCCCCCCC(=O)OC(COC(=O)CCCCCCC)COC(OCC[N+](C)(C)C)C(=O)[O-]. The van der Waals surface area contributed by atoms with E-state index in [-0.39, 0.29) is 32.2 Å². The van der Waals surface area contributed by atoms with Crippen molar-refractivity contribution in [3.8, 4) is 0 Å². The molecule has 0 N–H and O–H groups in total. The Labute approximate surface area is 401 Å². The van der Waals surface area contributed by atoms with E-state index in [4.69, 9.17) is 18.9 Å². The zero-order chi connectivity index (χ0) is 47.7. The molecule has 9 nitrogen and oxygen atoms in total. The van der Waals surface area contributed by atoms with Crippen LogP contribution in [0.1, 0.15) is 258 Å². The van der Waals surface area contributed by atoms with E-state index in [1.807, 2.05) is 21.1 Å². The number of hydrogen-bond donors (Lipinski definition) is 0. The summed E-state index contributed by atoms with van der Waals surface area (Å²) in [7, 11) is 5.91. The number of rotatable bonds is 51. The maximum absolute atomic E-state index is 12.7. The molecule has 0 saturated heterocycles. The van der Waals surface area contributed by atoms with Crippen molar-refractivity contribution in [2.75, 3.05) is 47.5 Å². The minimum Gasteiger partial charge on any atom is -0.545 e. The Morgan fingerprint density at radius 2 is 0.831 bits per heavy atom. The molecule has 0 spiro atoms. The van der Waals surface area contributed by atoms with Crippen LogP contribution in [0.5, 0.6) is 0 Å². The first-order valence-corrected chi connectivity index (χ1v) is 27.5. The average molecular weight is 920 g/mol. The summed E-state index contributed by atoms with van der Waals surface area (Å²) in [4.78, 5) is 36.7. The molecule has 2 unspecified atom stereocenters. The van der Waals surface area contributed by atoms with Crippen LogP contribution < -0.4 is 5.11 Å². The molecule has 0 heterocycles. The summed E-state index contributed by atoms with van der Waals surface area (Å²) < 4.78 is 22.4. The van der Waals surface area contributed by atoms with Crippen molar-refractivity contribution in [1.82, 2.24) is 0 Å². The van der Waals surface area contributed by atoms with E-state index >= 15 is 0 Å². The number of allylic oxidation sites excluding steroid dienone is 4. The Morgan fingerprint density at radius 3 is 1.22 bits per heavy atom. The number of carboxylic acid groups (broad SMARTS) is 1. The van der Waals surface area contributed by atoms with Gasteiger partial charge in [-0.05, 0) is 44.9 Å². The number of likely N-dealkylation sites (N-methyl/N-ethyl adjacent to an activating group) is 1. The number of unbranched alkanes of at least 4 members (excludes halogenated alkanes) is 32. The van der Waals surface area contributed by atoms with Gasteiger partial charge < -0.3 is 33.3 Å². The molecule has 0 aromatic carbocycles. The number of aliphatic carboxylic acids is 1. The van der Waals surface area contributed by atoms with Crippen molar-refractivity contribution >= 4 is 17.9 Å². The summed E-state index contributed by atoms with van der Waals surface area (Å²) in [5.74, 6) is -2.29. The van der Waals surface area contributed by atoms with E-state index in [0.717, 1.165) is 57.8 Å². The van der Waals surface area contributed by atoms with Crippen molar-refractivity contribution in [2.45, 2.75) is 270 Å². The summed E-state index contributed by atoms with van der Waals surface area (Å²) in [6.45, 7) is 4.66. The van der Waals surface area contributed by atoms with Gasteiger partial charge in [-0.25, -0.2) is 0 Å². The molecule has 9 heteroatoms. The fraction of sp³-hybridized carbons (Fsp3) is 0.875. The molecule has 2 atom stereocenters. The van der Waals surface area contributed by atoms with Gasteiger partial charge in [0.05, 0.1) is 40.3 Å². The second kappa shape index (κ2) is 48.2. The lowest BCUT2D eigenvalue weighted by molar-refractivity contribution is -0.870. The van der Waals surface area contributed by atoms with Crippen LogP contribution in [-0.2, 0) is 33.3 Å². The van der Waals surface area contributed by atoms with Gasteiger partial charge in [0.15, 0.2) is 12.4 Å². The first kappa shape index (κ1) is 62.8. The van der Waals surface area contributed by atoms with Crippen LogP contribution in [0.2, 0.25) is 0 Å². The van der Waals surface area contributed by atoms with Gasteiger partial charge in [-0.2, -0.15) is 0 Å². The lowest BCUT2D eigenvalue weighted by Crippen LogP contribution is -2.44. The molecule has 0 rings (SSSR count). The van der Waals surface area contributed by atoms with Crippen molar-refractivity contribution in [3.63, 3.8) is 0 Å². The maximum atomic E-state index is 12.7. The van der Waals surface area contributed by atoms with Gasteiger partial charge in [-0.3, -0.25) is 9.59 Å². The van der Waals surface area contributed by atoms with Crippen molar-refractivity contribution in [3.05, 3.63) is 24.3 Å². The van der Waals surface area contributed by atoms with E-state index in [9.17, 15) is 19.5 Å². The first-order chi connectivity index (χ1) is 31.6. The Balaban J connectivity index is 3.83. The molecule has 0 aliphatic rings. The fourth-order valence-electron chi connectivity index (χ4n) is 7.92. The van der Waals surface area contributed by atoms with Gasteiger partial charge in [-0.1, -0.05) is 224 Å². The van der Waals surface area contributed by atoms with Crippen LogP contribution >= 0.6 is 0 Å². The molecule has 0 fully saturated rings. The molecule has 382 valence electrons. The van der Waals surface area contributed by atoms with E-state index in [1.165, 1.54) is 173 Å². The number of nitrogens with zero attached hydrogens (tertiary/aromatic N) is 1. The van der Waals surface area contributed by atoms with Crippen LogP contribution in [-0.4, -0.2) is 82.3 Å². The Bertz CT molecular complexity index is 1120. The van der Waals surface area contributed by atoms with Gasteiger partial charge in [0.25, 0.3) is 0 Å². The molecule has 0 radical (unpaired) electrons. The minimum absolute atomic E-state index is 0.151. The van der Waals surface area contributed by atoms with Crippen molar-refractivity contribution in [1.29, 1.82) is 0 Å². The number of hydrogen-bond acceptors (Lipinski definition) is 8. The number of carboxylic acids is 1. The third-order valence-corrected chi connectivity index (χ3v) is 12.2. The van der Waals surface area contributed by atoms with Gasteiger partial charge >= 0.3 is 11.9 Å². The number of carbonyl (C=O) groups is 3. The zero-order valence-corrected chi connectivity index (χ0v) is 43.4. The maximum Gasteiger partial charge on any atom is 0.306 e. The highest BCUT2D eigenvalue weighted by Gasteiger charge is 2.22. The zero-order valence-electron chi connectivity index (χ0n) is 43.4. The van der Waals surface area contributed by atoms with Crippen LogP contribution in [0.15, 0.2) is 24.3 Å². The molecule has 65 heavy (non-hydrogen) atoms. The van der Waals surface area contributed by atoms with Gasteiger partial charge in [0, 0.05) is 12.8 Å². The highest BCUT2D eigenvalue weighted by atomic mass is 16.7. The number of esters is 2. The summed E-state index contributed by atoms with van der Waals surface area (Å²) >= 11 is 0. The van der Waals surface area contributed by atoms with E-state index < -0.39 is 24.3 Å². The largest absolute Gasteiger partial charge is 0.545 e. The smallest absolute Gasteiger partial charge is 0.306 e. The number of carbonyl (C=O) groups excluding carboxylic acids is 3. The monoisotopic (exact) mass is 920 g/mol. The van der Waals surface area contributed by atoms with Gasteiger partial charge in [0.1, 0.15) is 13.2 Å². The van der Waals surface area contributed by atoms with Crippen LogP contribution in [0, 0.1) is 0 Å². The molecule has 0 aromatic heterocycles. The second-order valence-electron chi connectivity index (χ2n) is 19.9. The molecule has 0 aliphatic heterocycles. The lowest BCUT2D eigenvalue weighted by Gasteiger charge is -2.26. The molecule has 0 saturated carbocycles. The third-order valence-electron chi connectivity index (χ3n) is 12.2. The Kier molecular flexibility index (Phi) is 46.6. The average Bonchev–Trinajstić information content (AvgIpc) is 3.27. The molecule has 0 aromatic rings. The topological polar surface area (TPSA) is 111 Å². The minimum atomic E-state index is -1.61. The summed E-state index contributed by atoms with van der Waals surface area (Å²) in [5, 5.41) is 11.7. The standard InChI is InChI=1S/C56H105NO8/c1-6-8-10-12-13-14-15-16-17-18-19-20-21-22-23-24-25-26-27-28-29-30-31-32-33-34-35-36-37-38-39-40-41-43-45-47-54(59)65-52(50-63-53(58)46-44-42-11-9-7-2)51-64-56(55(60)61)62-49-48-57(3,4)5/h15-16,18-19,52,56H,6-14,17,20-51H2,1-5H3/b16-15-,19-18-. The van der Waals surface area contributed by atoms with E-state index in [1.54, 1.807) is 0 Å². The van der Waals surface area contributed by atoms with Crippen LogP contribution in [0.4, 0.5) is 0 Å². The highest BCUT2D eigenvalue weighted by Crippen LogP contribution is 2.17. The molecule has 0 aliphatic carbocycles. The summed E-state index contributed by atoms with van der Waals surface area (Å²) in [6, 6.07) is 0. The third kappa shape index (κ3) is 49.5. The summed E-state index contributed by atoms with van der Waals surface area (Å²) in [6.07, 6.45) is 53.1. The number of ether oxygens (including phenoxy) is 4. The second-order valence-corrected chi connectivity index (χ2v) is 19.9. The Morgan fingerprint density at radius 1 is 0.462 bits per heavy atom. The van der Waals surface area contributed by atoms with E-state index in [2.05, 4.69) is 38.2 Å². The lowest BCUT2D eigenvalue weighted by atomic mass is 10.0. The van der Waals surface area contributed by atoms with Crippen molar-refractivity contribution < 1.29 is 42.9 Å². The predicted octanol–water partition coefficient (Wildman–Crippen LogP) is 14.2. The molecular weight excluding hydrogens is 815 g/mol. The predicted molar refractivity (Wildman–Crippen MR) is 270 cm³/mol. The summed E-state index contributed by atoms with van der Waals surface area (Å²) in [5.41, 5.74) is 0. The first-order valence-electron chi connectivity index (χ1n) is 27.5. The fourth-order valence-corrected chi connectivity index (χ4v) is 7.92. The molecule has 0 amide bonds. The molecular formula is C56H105NO8. The highest BCUT2D eigenvalue weighted by molar-refractivity contribution is 5.70. The van der Waals surface area contributed by atoms with Gasteiger partial charge in [0.2, 0.25) is 0 Å². The van der Waals surface area contributed by atoms with Crippen molar-refractivity contribution in [2.24, 2.45) is 0 Å².